The van der Waals surface area contributed by atoms with Crippen LogP contribution in [0.5, 0.6) is 0 Å². The van der Waals surface area contributed by atoms with Crippen molar-refractivity contribution in [2.45, 2.75) is 32.2 Å². The summed E-state index contributed by atoms with van der Waals surface area (Å²) in [6.07, 6.45) is 5.11. The first-order chi connectivity index (χ1) is 12.1. The van der Waals surface area contributed by atoms with Crippen LogP contribution in [0.3, 0.4) is 0 Å². The molecule has 4 rings (SSSR count). The molecule has 0 bridgehead atoms. The van der Waals surface area contributed by atoms with Crippen molar-refractivity contribution >= 4 is 28.6 Å². The number of aromatic amines is 1. The molecule has 0 saturated carbocycles. The molecule has 0 radical (unpaired) electrons. The van der Waals surface area contributed by atoms with E-state index in [0.29, 0.717) is 28.0 Å². The number of fused-ring (bicyclic) bond motifs is 1. The van der Waals surface area contributed by atoms with Crippen molar-refractivity contribution in [2.75, 3.05) is 11.4 Å². The summed E-state index contributed by atoms with van der Waals surface area (Å²) in [5.74, 6) is 0.605. The van der Waals surface area contributed by atoms with E-state index in [9.17, 15) is 4.79 Å². The van der Waals surface area contributed by atoms with Gasteiger partial charge >= 0.3 is 0 Å². The van der Waals surface area contributed by atoms with Crippen molar-refractivity contribution in [3.63, 3.8) is 0 Å². The third kappa shape index (κ3) is 2.89. The van der Waals surface area contributed by atoms with Crippen molar-refractivity contribution in [1.82, 2.24) is 15.0 Å². The number of benzene rings is 1. The summed E-state index contributed by atoms with van der Waals surface area (Å²) in [5.41, 5.74) is 1.83. The molecule has 1 saturated heterocycles. The number of H-pyrrole nitrogens is 1. The summed E-state index contributed by atoms with van der Waals surface area (Å²) in [4.78, 5) is 26.9. The van der Waals surface area contributed by atoms with E-state index >= 15 is 0 Å². The third-order valence-corrected chi connectivity index (χ3v) is 5.16. The molecule has 3 aromatic rings. The second-order valence-corrected chi connectivity index (χ2v) is 6.87. The van der Waals surface area contributed by atoms with Gasteiger partial charge in [-0.3, -0.25) is 9.78 Å². The zero-order valence-corrected chi connectivity index (χ0v) is 14.8. The van der Waals surface area contributed by atoms with Gasteiger partial charge in [0.05, 0.1) is 5.39 Å². The molecule has 1 aliphatic heterocycles. The van der Waals surface area contributed by atoms with Gasteiger partial charge in [-0.2, -0.15) is 4.98 Å². The highest BCUT2D eigenvalue weighted by Gasteiger charge is 2.22. The predicted molar refractivity (Wildman–Crippen MR) is 101 cm³/mol. The van der Waals surface area contributed by atoms with Gasteiger partial charge in [0.2, 0.25) is 5.95 Å². The van der Waals surface area contributed by atoms with Crippen molar-refractivity contribution in [2.24, 2.45) is 0 Å². The normalized spacial score (nSPS) is 17.8. The minimum absolute atomic E-state index is 0.180. The Morgan fingerprint density at radius 2 is 2.04 bits per heavy atom. The fourth-order valence-corrected chi connectivity index (χ4v) is 3.74. The molecular weight excluding hydrogens is 336 g/mol. The fourth-order valence-electron chi connectivity index (χ4n) is 3.50. The highest BCUT2D eigenvalue weighted by atomic mass is 35.5. The van der Waals surface area contributed by atoms with Crippen LogP contribution in [-0.4, -0.2) is 27.5 Å². The topological polar surface area (TPSA) is 61.9 Å². The van der Waals surface area contributed by atoms with Crippen molar-refractivity contribution in [1.29, 1.82) is 0 Å². The van der Waals surface area contributed by atoms with Crippen LogP contribution in [0.1, 0.15) is 26.2 Å². The van der Waals surface area contributed by atoms with Gasteiger partial charge in [0, 0.05) is 34.9 Å². The number of aromatic nitrogens is 3. The SMILES string of the molecule is CC1CCCCN1c1nc2nccc(-c3ccccc3Cl)c2c(=O)[nH]1. The Bertz CT molecular complexity index is 985. The number of hydrogen-bond donors (Lipinski definition) is 1. The minimum atomic E-state index is -0.180. The molecule has 6 heteroatoms. The molecule has 1 atom stereocenters. The third-order valence-electron chi connectivity index (χ3n) is 4.83. The lowest BCUT2D eigenvalue weighted by Gasteiger charge is -2.33. The maximum absolute atomic E-state index is 12.8. The number of anilines is 1. The lowest BCUT2D eigenvalue weighted by atomic mass is 10.0. The molecule has 1 aromatic carbocycles. The van der Waals surface area contributed by atoms with Gasteiger partial charge < -0.3 is 4.90 Å². The van der Waals surface area contributed by atoms with Gasteiger partial charge in [0.25, 0.3) is 5.56 Å². The molecule has 0 aliphatic carbocycles. The van der Waals surface area contributed by atoms with E-state index in [2.05, 4.69) is 26.8 Å². The lowest BCUT2D eigenvalue weighted by molar-refractivity contribution is 0.477. The quantitative estimate of drug-likeness (QED) is 0.755. The monoisotopic (exact) mass is 354 g/mol. The Morgan fingerprint density at radius 3 is 2.84 bits per heavy atom. The van der Waals surface area contributed by atoms with Crippen LogP contribution in [0.25, 0.3) is 22.2 Å². The van der Waals surface area contributed by atoms with Crippen LogP contribution in [-0.2, 0) is 0 Å². The number of rotatable bonds is 2. The fraction of sp³-hybridized carbons (Fsp3) is 0.316. The largest absolute Gasteiger partial charge is 0.340 e. The summed E-state index contributed by atoms with van der Waals surface area (Å²) < 4.78 is 0. The molecule has 1 unspecified atom stereocenters. The molecule has 0 spiro atoms. The van der Waals surface area contributed by atoms with Gasteiger partial charge in [0.15, 0.2) is 5.65 Å². The summed E-state index contributed by atoms with van der Waals surface area (Å²) in [6.45, 7) is 3.07. The number of nitrogens with zero attached hydrogens (tertiary/aromatic N) is 3. The van der Waals surface area contributed by atoms with Crippen molar-refractivity contribution in [3.8, 4) is 11.1 Å². The molecule has 25 heavy (non-hydrogen) atoms. The van der Waals surface area contributed by atoms with Crippen LogP contribution < -0.4 is 10.5 Å². The zero-order chi connectivity index (χ0) is 17.4. The molecule has 1 fully saturated rings. The first-order valence-electron chi connectivity index (χ1n) is 8.56. The molecule has 3 heterocycles. The zero-order valence-electron chi connectivity index (χ0n) is 14.0. The average molecular weight is 355 g/mol. The number of pyridine rings is 1. The van der Waals surface area contributed by atoms with Crippen molar-refractivity contribution in [3.05, 3.63) is 51.9 Å². The minimum Gasteiger partial charge on any atom is -0.340 e. The molecule has 1 aliphatic rings. The van der Waals surface area contributed by atoms with Gasteiger partial charge in [-0.05, 0) is 38.3 Å². The standard InChI is InChI=1S/C19H19ClN4O/c1-12-6-4-5-11-24(12)19-22-17-16(18(25)23-19)14(9-10-21-17)13-7-2-3-8-15(13)20/h2-3,7-10,12H,4-6,11H2,1H3,(H,21,22,23,25). The van der Waals surface area contributed by atoms with E-state index in [0.717, 1.165) is 30.5 Å². The van der Waals surface area contributed by atoms with E-state index in [1.807, 2.05) is 30.3 Å². The number of piperidine rings is 1. The van der Waals surface area contributed by atoms with Crippen LogP contribution in [0.4, 0.5) is 5.95 Å². The molecule has 5 nitrogen and oxygen atoms in total. The second-order valence-electron chi connectivity index (χ2n) is 6.46. The summed E-state index contributed by atoms with van der Waals surface area (Å²) in [6, 6.07) is 9.66. The lowest BCUT2D eigenvalue weighted by Crippen LogP contribution is -2.39. The summed E-state index contributed by atoms with van der Waals surface area (Å²) >= 11 is 6.32. The van der Waals surface area contributed by atoms with Gasteiger partial charge in [-0.15, -0.1) is 0 Å². The number of nitrogens with one attached hydrogen (secondary N) is 1. The predicted octanol–water partition coefficient (Wildman–Crippen LogP) is 4.02. The second kappa shape index (κ2) is 6.48. The Labute approximate surface area is 150 Å². The summed E-state index contributed by atoms with van der Waals surface area (Å²) in [5, 5.41) is 1.08. The van der Waals surface area contributed by atoms with E-state index in [4.69, 9.17) is 11.6 Å². The van der Waals surface area contributed by atoms with Crippen LogP contribution >= 0.6 is 11.6 Å². The maximum atomic E-state index is 12.8. The molecular formula is C19H19ClN4O. The highest BCUT2D eigenvalue weighted by Crippen LogP contribution is 2.31. The molecule has 1 N–H and O–H groups in total. The maximum Gasteiger partial charge on any atom is 0.262 e. The van der Waals surface area contributed by atoms with E-state index in [1.165, 1.54) is 6.42 Å². The van der Waals surface area contributed by atoms with Crippen molar-refractivity contribution < 1.29 is 0 Å². The van der Waals surface area contributed by atoms with Gasteiger partial charge in [-0.25, -0.2) is 4.98 Å². The average Bonchev–Trinajstić information content (AvgIpc) is 2.62. The van der Waals surface area contributed by atoms with E-state index in [-0.39, 0.29) is 5.56 Å². The summed E-state index contributed by atoms with van der Waals surface area (Å²) in [7, 11) is 0. The Morgan fingerprint density at radius 1 is 1.20 bits per heavy atom. The molecule has 0 amide bonds. The first kappa shape index (κ1) is 16.1. The Hall–Kier alpha value is -2.40. The highest BCUT2D eigenvalue weighted by molar-refractivity contribution is 6.33. The van der Waals surface area contributed by atoms with Gasteiger partial charge in [0.1, 0.15) is 0 Å². The van der Waals surface area contributed by atoms with E-state index < -0.39 is 0 Å². The van der Waals surface area contributed by atoms with E-state index in [1.54, 1.807) is 6.20 Å². The molecule has 128 valence electrons. The van der Waals surface area contributed by atoms with Crippen LogP contribution in [0.15, 0.2) is 41.3 Å². The van der Waals surface area contributed by atoms with Crippen LogP contribution in [0.2, 0.25) is 5.02 Å². The van der Waals surface area contributed by atoms with Crippen LogP contribution in [0, 0.1) is 0 Å². The Kier molecular flexibility index (Phi) is 4.17. The molecule has 2 aromatic heterocycles. The number of hydrogen-bond acceptors (Lipinski definition) is 4. The number of halogens is 1. The smallest absolute Gasteiger partial charge is 0.262 e. The Balaban J connectivity index is 1.89. The first-order valence-corrected chi connectivity index (χ1v) is 8.93. The van der Waals surface area contributed by atoms with Gasteiger partial charge in [-0.1, -0.05) is 29.8 Å².